The summed E-state index contributed by atoms with van der Waals surface area (Å²) in [4.78, 5) is 17.0. The molecular weight excluding hydrogens is 430 g/mol. The van der Waals surface area contributed by atoms with Crippen LogP contribution in [0.1, 0.15) is 36.8 Å². The summed E-state index contributed by atoms with van der Waals surface area (Å²) < 4.78 is 7.34. The molecule has 34 heavy (non-hydrogen) atoms. The van der Waals surface area contributed by atoms with E-state index in [4.69, 9.17) is 4.74 Å². The van der Waals surface area contributed by atoms with Gasteiger partial charge in [0.2, 0.25) is 0 Å². The molecule has 0 radical (unpaired) electrons. The lowest BCUT2D eigenvalue weighted by molar-refractivity contribution is 0.197. The van der Waals surface area contributed by atoms with Crippen molar-refractivity contribution in [2.24, 2.45) is 0 Å². The van der Waals surface area contributed by atoms with E-state index in [9.17, 15) is 4.79 Å². The highest BCUT2D eigenvalue weighted by Gasteiger charge is 2.15. The molecule has 0 fully saturated rings. The summed E-state index contributed by atoms with van der Waals surface area (Å²) in [5, 5.41) is 17.8. The van der Waals surface area contributed by atoms with E-state index in [0.29, 0.717) is 23.7 Å². The van der Waals surface area contributed by atoms with Gasteiger partial charge in [-0.1, -0.05) is 42.8 Å². The summed E-state index contributed by atoms with van der Waals surface area (Å²) in [6, 6.07) is 17.2. The van der Waals surface area contributed by atoms with E-state index in [2.05, 4.69) is 31.1 Å². The number of amides is 1. The molecule has 1 unspecified atom stereocenters. The van der Waals surface area contributed by atoms with Crippen LogP contribution in [-0.2, 0) is 6.42 Å². The second-order valence-corrected chi connectivity index (χ2v) is 7.92. The van der Waals surface area contributed by atoms with Crippen LogP contribution < -0.4 is 15.4 Å². The number of aryl methyl sites for hydroxylation is 2. The third-order valence-corrected chi connectivity index (χ3v) is 5.46. The van der Waals surface area contributed by atoms with E-state index < -0.39 is 6.09 Å². The summed E-state index contributed by atoms with van der Waals surface area (Å²) in [6.07, 6.45) is 1.82. The van der Waals surface area contributed by atoms with Gasteiger partial charge >= 0.3 is 6.09 Å². The molecule has 4 aromatic rings. The standard InChI is InChI=1S/C25H27N7O2/c1-5-24-29-30-31-32(24)21-12-20(18-8-6-16(2)7-9-18)13-22(14-21)34-25(33)28-17(3)19-10-11-23(26-4)27-15-19/h6-15,17H,5H2,1-4H3,(H,26,27)(H,28,33). The van der Waals surface area contributed by atoms with E-state index in [1.54, 1.807) is 24.0 Å². The molecule has 0 saturated carbocycles. The Labute approximate surface area is 198 Å². The number of carbonyl (C=O) groups excluding carboxylic acids is 1. The zero-order valence-corrected chi connectivity index (χ0v) is 19.6. The Morgan fingerprint density at radius 1 is 1.09 bits per heavy atom. The monoisotopic (exact) mass is 457 g/mol. The van der Waals surface area contributed by atoms with Crippen molar-refractivity contribution in [3.8, 4) is 22.6 Å². The number of tetrazole rings is 1. The molecule has 1 atom stereocenters. The highest BCUT2D eigenvalue weighted by molar-refractivity contribution is 5.74. The summed E-state index contributed by atoms with van der Waals surface area (Å²) >= 11 is 0. The minimum absolute atomic E-state index is 0.281. The van der Waals surface area contributed by atoms with Crippen molar-refractivity contribution >= 4 is 11.9 Å². The van der Waals surface area contributed by atoms with Crippen molar-refractivity contribution in [1.29, 1.82) is 0 Å². The van der Waals surface area contributed by atoms with Crippen LogP contribution in [0.15, 0.2) is 60.8 Å². The Bertz CT molecular complexity index is 1270. The summed E-state index contributed by atoms with van der Waals surface area (Å²) in [5.41, 5.74) is 4.62. The van der Waals surface area contributed by atoms with Crippen LogP contribution in [0.5, 0.6) is 5.75 Å². The highest BCUT2D eigenvalue weighted by atomic mass is 16.6. The van der Waals surface area contributed by atoms with E-state index >= 15 is 0 Å². The maximum absolute atomic E-state index is 12.7. The van der Waals surface area contributed by atoms with Crippen molar-refractivity contribution in [2.75, 3.05) is 12.4 Å². The highest BCUT2D eigenvalue weighted by Crippen LogP contribution is 2.29. The number of benzene rings is 2. The Morgan fingerprint density at radius 3 is 2.56 bits per heavy atom. The first-order valence-corrected chi connectivity index (χ1v) is 11.1. The zero-order chi connectivity index (χ0) is 24.1. The lowest BCUT2D eigenvalue weighted by Gasteiger charge is -2.15. The molecule has 0 aliphatic rings. The van der Waals surface area contributed by atoms with Crippen LogP contribution in [0.2, 0.25) is 0 Å². The summed E-state index contributed by atoms with van der Waals surface area (Å²) in [6.45, 7) is 5.90. The van der Waals surface area contributed by atoms with E-state index in [1.807, 2.05) is 69.3 Å². The SMILES string of the molecule is CCc1nnnn1-c1cc(OC(=O)NC(C)c2ccc(NC)nc2)cc(-c2ccc(C)cc2)c1. The van der Waals surface area contributed by atoms with Crippen LogP contribution >= 0.6 is 0 Å². The number of nitrogens with zero attached hydrogens (tertiary/aromatic N) is 5. The molecule has 2 aromatic carbocycles. The van der Waals surface area contributed by atoms with E-state index in [1.165, 1.54) is 0 Å². The van der Waals surface area contributed by atoms with Gasteiger partial charge in [-0.15, -0.1) is 5.10 Å². The van der Waals surface area contributed by atoms with Gasteiger partial charge in [-0.05, 0) is 59.2 Å². The molecule has 2 heterocycles. The molecule has 0 bridgehead atoms. The topological polar surface area (TPSA) is 107 Å². The first kappa shape index (κ1) is 22.9. The maximum Gasteiger partial charge on any atom is 0.413 e. The largest absolute Gasteiger partial charge is 0.413 e. The third-order valence-electron chi connectivity index (χ3n) is 5.46. The second kappa shape index (κ2) is 10.1. The van der Waals surface area contributed by atoms with Gasteiger partial charge in [0, 0.05) is 25.7 Å². The fourth-order valence-electron chi connectivity index (χ4n) is 3.51. The fourth-order valence-corrected chi connectivity index (χ4v) is 3.51. The minimum Gasteiger partial charge on any atom is -0.410 e. The van der Waals surface area contributed by atoms with Gasteiger partial charge in [-0.25, -0.2) is 9.78 Å². The molecule has 9 heteroatoms. The van der Waals surface area contributed by atoms with Crippen LogP contribution in [0, 0.1) is 6.92 Å². The Hall–Kier alpha value is -4.27. The van der Waals surface area contributed by atoms with Crippen LogP contribution in [0.25, 0.3) is 16.8 Å². The van der Waals surface area contributed by atoms with Crippen molar-refractivity contribution < 1.29 is 9.53 Å². The number of pyridine rings is 1. The Kier molecular flexibility index (Phi) is 6.82. The number of hydrogen-bond acceptors (Lipinski definition) is 7. The van der Waals surface area contributed by atoms with Gasteiger partial charge in [0.05, 0.1) is 11.7 Å². The first-order valence-electron chi connectivity index (χ1n) is 11.1. The van der Waals surface area contributed by atoms with E-state index in [-0.39, 0.29) is 6.04 Å². The Morgan fingerprint density at radius 2 is 1.88 bits per heavy atom. The molecule has 9 nitrogen and oxygen atoms in total. The number of hydrogen-bond donors (Lipinski definition) is 2. The number of ether oxygens (including phenoxy) is 1. The number of nitrogens with one attached hydrogen (secondary N) is 2. The molecule has 174 valence electrons. The van der Waals surface area contributed by atoms with Gasteiger partial charge in [-0.2, -0.15) is 4.68 Å². The Balaban J connectivity index is 1.60. The zero-order valence-electron chi connectivity index (χ0n) is 19.6. The molecular formula is C25H27N7O2. The van der Waals surface area contributed by atoms with E-state index in [0.717, 1.165) is 28.1 Å². The van der Waals surface area contributed by atoms with Crippen LogP contribution in [0.3, 0.4) is 0 Å². The quantitative estimate of drug-likeness (QED) is 0.421. The first-order chi connectivity index (χ1) is 16.5. The smallest absolute Gasteiger partial charge is 0.410 e. The predicted octanol–water partition coefficient (Wildman–Crippen LogP) is 4.49. The molecule has 4 rings (SSSR count). The number of aromatic nitrogens is 5. The van der Waals surface area contributed by atoms with Crippen LogP contribution in [-0.4, -0.2) is 38.3 Å². The van der Waals surface area contributed by atoms with Gasteiger partial charge in [0.1, 0.15) is 11.6 Å². The molecule has 0 aliphatic heterocycles. The maximum atomic E-state index is 12.7. The molecule has 0 aliphatic carbocycles. The van der Waals surface area contributed by atoms with Gasteiger partial charge in [0.25, 0.3) is 0 Å². The minimum atomic E-state index is -0.565. The lowest BCUT2D eigenvalue weighted by atomic mass is 10.0. The molecule has 0 spiro atoms. The number of anilines is 1. The van der Waals surface area contributed by atoms with Gasteiger partial charge < -0.3 is 15.4 Å². The van der Waals surface area contributed by atoms with Gasteiger partial charge in [0.15, 0.2) is 5.82 Å². The van der Waals surface area contributed by atoms with Crippen molar-refractivity contribution in [1.82, 2.24) is 30.5 Å². The number of rotatable bonds is 7. The second-order valence-electron chi connectivity index (χ2n) is 7.92. The molecule has 2 aromatic heterocycles. The summed E-state index contributed by atoms with van der Waals surface area (Å²) in [7, 11) is 1.80. The lowest BCUT2D eigenvalue weighted by Crippen LogP contribution is -2.29. The normalized spacial score (nSPS) is 11.6. The molecule has 2 N–H and O–H groups in total. The predicted molar refractivity (Wildman–Crippen MR) is 130 cm³/mol. The number of carbonyl (C=O) groups is 1. The molecule has 1 amide bonds. The van der Waals surface area contributed by atoms with Crippen molar-refractivity contribution in [3.63, 3.8) is 0 Å². The summed E-state index contributed by atoms with van der Waals surface area (Å²) in [5.74, 6) is 1.86. The van der Waals surface area contributed by atoms with Gasteiger partial charge in [-0.3, -0.25) is 0 Å². The van der Waals surface area contributed by atoms with Crippen molar-refractivity contribution in [3.05, 3.63) is 77.7 Å². The third kappa shape index (κ3) is 5.20. The fraction of sp³-hybridized carbons (Fsp3) is 0.240. The van der Waals surface area contributed by atoms with Crippen LogP contribution in [0.4, 0.5) is 10.6 Å². The molecule has 0 saturated heterocycles. The average molecular weight is 458 g/mol. The average Bonchev–Trinajstić information content (AvgIpc) is 3.33. The van der Waals surface area contributed by atoms with Crippen molar-refractivity contribution in [2.45, 2.75) is 33.2 Å².